The van der Waals surface area contributed by atoms with Crippen molar-refractivity contribution in [2.24, 2.45) is 0 Å². The molecule has 1 aliphatic carbocycles. The number of rotatable bonds is 3. The lowest BCUT2D eigenvalue weighted by Gasteiger charge is -2.42. The molecule has 8 nitrogen and oxygen atoms in total. The van der Waals surface area contributed by atoms with Gasteiger partial charge in [-0.2, -0.15) is 0 Å². The van der Waals surface area contributed by atoms with Crippen LogP contribution in [0.2, 0.25) is 0 Å². The van der Waals surface area contributed by atoms with Gasteiger partial charge in [-0.05, 0) is 31.7 Å². The van der Waals surface area contributed by atoms with E-state index in [-0.39, 0.29) is 11.7 Å². The second kappa shape index (κ2) is 6.68. The smallest absolute Gasteiger partial charge is 0.279 e. The lowest BCUT2D eigenvalue weighted by Crippen LogP contribution is -2.53. The highest BCUT2D eigenvalue weighted by atomic mass is 16.6. The first-order chi connectivity index (χ1) is 13.0. The number of aromatic nitrogens is 2. The van der Waals surface area contributed by atoms with E-state index in [0.717, 1.165) is 44.0 Å². The third-order valence-electron chi connectivity index (χ3n) is 5.63. The topological polar surface area (TPSA) is 101 Å². The van der Waals surface area contributed by atoms with Gasteiger partial charge >= 0.3 is 0 Å². The average Bonchev–Trinajstić information content (AvgIpc) is 3.03. The third kappa shape index (κ3) is 3.05. The molecule has 1 saturated heterocycles. The first kappa shape index (κ1) is 17.5. The summed E-state index contributed by atoms with van der Waals surface area (Å²) >= 11 is 0. The van der Waals surface area contributed by atoms with Crippen LogP contribution in [0, 0.1) is 16.2 Å². The molecule has 141 valence electrons. The summed E-state index contributed by atoms with van der Waals surface area (Å²) in [5.74, 6) is 1.54. The molecule has 0 spiro atoms. The number of benzene rings is 1. The molecule has 1 aromatic heterocycles. The zero-order chi connectivity index (χ0) is 19.1. The van der Waals surface area contributed by atoms with Gasteiger partial charge in [-0.3, -0.25) is 10.1 Å². The molecule has 2 aliphatic rings. The van der Waals surface area contributed by atoms with Crippen LogP contribution >= 0.6 is 0 Å². The predicted molar refractivity (Wildman–Crippen MR) is 104 cm³/mol. The van der Waals surface area contributed by atoms with E-state index in [4.69, 9.17) is 5.73 Å². The van der Waals surface area contributed by atoms with Crippen molar-refractivity contribution in [1.29, 1.82) is 0 Å². The van der Waals surface area contributed by atoms with Gasteiger partial charge in [-0.1, -0.05) is 6.92 Å². The number of fused-ring (bicyclic) bond motifs is 1. The molecule has 0 bridgehead atoms. The summed E-state index contributed by atoms with van der Waals surface area (Å²) in [4.78, 5) is 24.0. The van der Waals surface area contributed by atoms with Crippen molar-refractivity contribution < 1.29 is 4.92 Å². The van der Waals surface area contributed by atoms with Gasteiger partial charge in [-0.25, -0.2) is 9.97 Å². The Bertz CT molecular complexity index is 886. The number of nitrogens with two attached hydrogens (primary N) is 1. The largest absolute Gasteiger partial charge is 0.396 e. The van der Waals surface area contributed by atoms with E-state index in [9.17, 15) is 10.1 Å². The Morgan fingerprint density at radius 2 is 2.11 bits per heavy atom. The molecule has 1 radical (unpaired) electrons. The van der Waals surface area contributed by atoms with E-state index in [0.29, 0.717) is 11.6 Å². The summed E-state index contributed by atoms with van der Waals surface area (Å²) in [6, 6.07) is 6.09. The molecule has 0 saturated carbocycles. The fourth-order valence-electron chi connectivity index (χ4n) is 4.22. The van der Waals surface area contributed by atoms with Gasteiger partial charge in [0, 0.05) is 43.0 Å². The fourth-order valence-corrected chi connectivity index (χ4v) is 4.22. The normalized spacial score (nSPS) is 22.0. The summed E-state index contributed by atoms with van der Waals surface area (Å²) in [6.45, 7) is 6.77. The number of piperazine rings is 1. The van der Waals surface area contributed by atoms with Crippen molar-refractivity contribution in [3.8, 4) is 0 Å². The van der Waals surface area contributed by atoms with Crippen molar-refractivity contribution in [2.75, 3.05) is 35.2 Å². The van der Waals surface area contributed by atoms with Gasteiger partial charge in [0.15, 0.2) is 0 Å². The summed E-state index contributed by atoms with van der Waals surface area (Å²) in [7, 11) is 0. The van der Waals surface area contributed by atoms with Crippen LogP contribution in [0.25, 0.3) is 0 Å². The van der Waals surface area contributed by atoms with Gasteiger partial charge < -0.3 is 15.5 Å². The second-order valence-electron chi connectivity index (χ2n) is 7.39. The van der Waals surface area contributed by atoms with Crippen molar-refractivity contribution in [3.63, 3.8) is 0 Å². The predicted octanol–water partition coefficient (Wildman–Crippen LogP) is 2.53. The second-order valence-corrected chi connectivity index (χ2v) is 7.39. The highest BCUT2D eigenvalue weighted by Gasteiger charge is 2.32. The molecule has 4 rings (SSSR count). The van der Waals surface area contributed by atoms with Gasteiger partial charge in [0.2, 0.25) is 0 Å². The quantitative estimate of drug-likeness (QED) is 0.505. The van der Waals surface area contributed by atoms with Crippen LogP contribution in [0.15, 0.2) is 18.5 Å². The summed E-state index contributed by atoms with van der Waals surface area (Å²) < 4.78 is 0. The molecular weight excluding hydrogens is 344 g/mol. The van der Waals surface area contributed by atoms with Crippen LogP contribution in [0.3, 0.4) is 0 Å². The van der Waals surface area contributed by atoms with E-state index in [1.807, 2.05) is 0 Å². The minimum Gasteiger partial charge on any atom is -0.396 e. The molecule has 2 atom stereocenters. The molecule has 2 N–H and O–H groups in total. The van der Waals surface area contributed by atoms with Crippen LogP contribution in [-0.4, -0.2) is 40.6 Å². The summed E-state index contributed by atoms with van der Waals surface area (Å²) in [5, 5.41) is 10.9. The number of nitro benzene ring substituents is 1. The Kier molecular flexibility index (Phi) is 4.33. The minimum atomic E-state index is -0.475. The molecule has 27 heavy (non-hydrogen) atoms. The van der Waals surface area contributed by atoms with Gasteiger partial charge in [-0.15, -0.1) is 0 Å². The van der Waals surface area contributed by atoms with Crippen molar-refractivity contribution in [2.45, 2.75) is 38.6 Å². The number of nitro groups is 1. The molecular formula is C19H23N6O2. The number of aryl methyl sites for hydroxylation is 1. The van der Waals surface area contributed by atoms with Crippen LogP contribution in [-0.2, 0) is 6.42 Å². The van der Waals surface area contributed by atoms with Crippen LogP contribution in [0.4, 0.5) is 22.9 Å². The van der Waals surface area contributed by atoms with Crippen molar-refractivity contribution >= 4 is 22.9 Å². The van der Waals surface area contributed by atoms with Gasteiger partial charge in [0.05, 0.1) is 22.4 Å². The average molecular weight is 367 g/mol. The maximum absolute atomic E-state index is 10.9. The first-order valence-corrected chi connectivity index (χ1v) is 9.27. The summed E-state index contributed by atoms with van der Waals surface area (Å²) in [5.41, 5.74) is 9.52. The zero-order valence-electron chi connectivity index (χ0n) is 15.6. The van der Waals surface area contributed by atoms with Crippen LogP contribution in [0.1, 0.15) is 37.4 Å². The number of anilines is 3. The third-order valence-corrected chi connectivity index (χ3v) is 5.63. The van der Waals surface area contributed by atoms with Crippen molar-refractivity contribution in [1.82, 2.24) is 9.97 Å². The van der Waals surface area contributed by atoms with E-state index in [1.54, 1.807) is 12.4 Å². The highest BCUT2D eigenvalue weighted by molar-refractivity contribution is 5.70. The Morgan fingerprint density at radius 1 is 1.30 bits per heavy atom. The number of nitrogen functional groups attached to an aromatic ring is 1. The molecule has 0 amide bonds. The molecule has 1 aliphatic heterocycles. The maximum Gasteiger partial charge on any atom is 0.279 e. The maximum atomic E-state index is 10.9. The number of hydrogen-bond acceptors (Lipinski definition) is 7. The molecule has 1 fully saturated rings. The fraction of sp³-hybridized carbons (Fsp3) is 0.474. The highest BCUT2D eigenvalue weighted by Crippen LogP contribution is 2.38. The van der Waals surface area contributed by atoms with E-state index in [2.05, 4.69) is 39.7 Å². The minimum absolute atomic E-state index is 0.103. The SMILES string of the molecule is C[C@@H]1CCc2ncnc(N3CCN(c4ccc([N+](=O)[O-])[c]c4N)C[C@@H]3C)c21. The van der Waals surface area contributed by atoms with E-state index >= 15 is 0 Å². The Balaban J connectivity index is 1.56. The number of hydrogen-bond donors (Lipinski definition) is 1. The molecule has 8 heteroatoms. The molecule has 2 heterocycles. The molecule has 0 unspecified atom stereocenters. The van der Waals surface area contributed by atoms with Crippen LogP contribution in [0.5, 0.6) is 0 Å². The van der Waals surface area contributed by atoms with Crippen molar-refractivity contribution in [3.05, 3.63) is 45.9 Å². The molecule has 2 aromatic rings. The lowest BCUT2D eigenvalue weighted by molar-refractivity contribution is -0.385. The lowest BCUT2D eigenvalue weighted by atomic mass is 10.0. The Hall–Kier alpha value is -2.90. The van der Waals surface area contributed by atoms with Gasteiger partial charge in [0.1, 0.15) is 12.1 Å². The first-order valence-electron chi connectivity index (χ1n) is 9.27. The van der Waals surface area contributed by atoms with E-state index in [1.165, 1.54) is 17.3 Å². The van der Waals surface area contributed by atoms with Crippen LogP contribution < -0.4 is 15.5 Å². The molecule has 1 aromatic carbocycles. The number of non-ortho nitro benzene ring substituents is 1. The summed E-state index contributed by atoms with van der Waals surface area (Å²) in [6.07, 6.45) is 3.83. The monoisotopic (exact) mass is 367 g/mol. The Labute approximate surface area is 158 Å². The van der Waals surface area contributed by atoms with Gasteiger partial charge in [0.25, 0.3) is 5.69 Å². The van der Waals surface area contributed by atoms with E-state index < -0.39 is 4.92 Å². The zero-order valence-corrected chi connectivity index (χ0v) is 15.6. The number of nitrogens with zero attached hydrogens (tertiary/aromatic N) is 5. The Morgan fingerprint density at radius 3 is 2.81 bits per heavy atom. The standard InChI is InChI=1S/C19H23N6O2/c1-12-3-5-16-18(12)19(22-11-21-16)24-8-7-23(10-13(24)2)17-6-4-14(25(26)27)9-15(17)20/h4,6,11-13H,3,5,7-8,10,20H2,1-2H3/t12-,13+/m1/s1.